The third-order valence-corrected chi connectivity index (χ3v) is 4.55. The lowest BCUT2D eigenvalue weighted by atomic mass is 10.1. The van der Waals surface area contributed by atoms with E-state index in [0.717, 1.165) is 53.6 Å². The second kappa shape index (κ2) is 7.37. The summed E-state index contributed by atoms with van der Waals surface area (Å²) >= 11 is 6.19. The molecule has 1 aliphatic heterocycles. The fraction of sp³-hybridized carbons (Fsp3) is 0.500. The molecule has 2 aromatic rings. The lowest BCUT2D eigenvalue weighted by Crippen LogP contribution is -2.30. The maximum Gasteiger partial charge on any atom is 0.131 e. The first kappa shape index (κ1) is 16.3. The fourth-order valence-electron chi connectivity index (χ4n) is 3.03. The number of piperidine rings is 1. The highest BCUT2D eigenvalue weighted by atomic mass is 35.5. The van der Waals surface area contributed by atoms with E-state index in [4.69, 9.17) is 16.6 Å². The Morgan fingerprint density at radius 1 is 1.17 bits per heavy atom. The molecule has 4 nitrogen and oxygen atoms in total. The number of benzene rings is 1. The molecule has 124 valence electrons. The van der Waals surface area contributed by atoms with E-state index < -0.39 is 0 Å². The van der Waals surface area contributed by atoms with Gasteiger partial charge < -0.3 is 15.1 Å². The van der Waals surface area contributed by atoms with Gasteiger partial charge in [-0.15, -0.1) is 0 Å². The van der Waals surface area contributed by atoms with Gasteiger partial charge in [0.2, 0.25) is 0 Å². The van der Waals surface area contributed by atoms with E-state index in [1.54, 1.807) is 0 Å². The van der Waals surface area contributed by atoms with Gasteiger partial charge >= 0.3 is 0 Å². The van der Waals surface area contributed by atoms with Crippen LogP contribution in [0.4, 0.5) is 11.5 Å². The second-order valence-corrected chi connectivity index (χ2v) is 6.90. The highest BCUT2D eigenvalue weighted by Gasteiger charge is 2.15. The molecule has 1 N–H and O–H groups in total. The van der Waals surface area contributed by atoms with Gasteiger partial charge in [-0.05, 0) is 51.6 Å². The third kappa shape index (κ3) is 4.06. The molecule has 0 amide bonds. The van der Waals surface area contributed by atoms with Crippen LogP contribution in [0.5, 0.6) is 0 Å². The molecule has 1 aliphatic rings. The van der Waals surface area contributed by atoms with E-state index in [2.05, 4.69) is 35.3 Å². The summed E-state index contributed by atoms with van der Waals surface area (Å²) in [7, 11) is 4.17. The van der Waals surface area contributed by atoms with Crippen molar-refractivity contribution in [3.05, 3.63) is 29.3 Å². The molecule has 0 radical (unpaired) electrons. The average Bonchev–Trinajstić information content (AvgIpc) is 2.55. The molecule has 23 heavy (non-hydrogen) atoms. The summed E-state index contributed by atoms with van der Waals surface area (Å²) in [5.41, 5.74) is 2.13. The van der Waals surface area contributed by atoms with Crippen LogP contribution in [0.1, 0.15) is 19.3 Å². The Bertz CT molecular complexity index is 665. The number of nitrogens with one attached hydrogen (secondary N) is 1. The van der Waals surface area contributed by atoms with Crippen molar-refractivity contribution in [1.82, 2.24) is 9.88 Å². The number of anilines is 2. The molecule has 5 heteroatoms. The Hall–Kier alpha value is -1.52. The highest BCUT2D eigenvalue weighted by Crippen LogP contribution is 2.30. The number of pyridine rings is 1. The molecule has 0 unspecified atom stereocenters. The largest absolute Gasteiger partial charge is 0.383 e. The Balaban J connectivity index is 1.93. The SMILES string of the molecule is CN(C)CCNc1cc(N2CCCCC2)nc2ccc(Cl)cc12. The van der Waals surface area contributed by atoms with Crippen LogP contribution in [0.25, 0.3) is 10.9 Å². The standard InChI is InChI=1S/C18H25ClN4/c1-22(2)11-8-20-17-13-18(23-9-4-3-5-10-23)21-16-7-6-14(19)12-15(16)17/h6-7,12-13H,3-5,8-11H2,1-2H3,(H,20,21). The summed E-state index contributed by atoms with van der Waals surface area (Å²) in [6, 6.07) is 8.12. The predicted molar refractivity (Wildman–Crippen MR) is 99.9 cm³/mol. The first-order chi connectivity index (χ1) is 11.1. The van der Waals surface area contributed by atoms with E-state index in [-0.39, 0.29) is 0 Å². The minimum Gasteiger partial charge on any atom is -0.383 e. The van der Waals surface area contributed by atoms with E-state index in [9.17, 15) is 0 Å². The molecular formula is C18H25ClN4. The molecular weight excluding hydrogens is 308 g/mol. The van der Waals surface area contributed by atoms with Gasteiger partial charge in [0.05, 0.1) is 5.52 Å². The summed E-state index contributed by atoms with van der Waals surface area (Å²) in [5, 5.41) is 5.40. The molecule has 0 spiro atoms. The van der Waals surface area contributed by atoms with Crippen LogP contribution in [-0.4, -0.2) is 50.2 Å². The van der Waals surface area contributed by atoms with Crippen molar-refractivity contribution in [1.29, 1.82) is 0 Å². The van der Waals surface area contributed by atoms with Crippen molar-refractivity contribution in [2.24, 2.45) is 0 Å². The number of rotatable bonds is 5. The summed E-state index contributed by atoms with van der Waals surface area (Å²) in [6.07, 6.45) is 3.83. The van der Waals surface area contributed by atoms with Gasteiger partial charge in [0.25, 0.3) is 0 Å². The second-order valence-electron chi connectivity index (χ2n) is 6.47. The van der Waals surface area contributed by atoms with Crippen molar-refractivity contribution >= 4 is 34.0 Å². The number of hydrogen-bond acceptors (Lipinski definition) is 4. The summed E-state index contributed by atoms with van der Waals surface area (Å²) < 4.78 is 0. The van der Waals surface area contributed by atoms with E-state index in [1.165, 1.54) is 19.3 Å². The molecule has 1 aromatic carbocycles. The zero-order valence-corrected chi connectivity index (χ0v) is 14.7. The van der Waals surface area contributed by atoms with Crippen LogP contribution in [0.2, 0.25) is 5.02 Å². The number of likely N-dealkylation sites (N-methyl/N-ethyl adjacent to an activating group) is 1. The van der Waals surface area contributed by atoms with Gasteiger partial charge in [-0.2, -0.15) is 0 Å². The first-order valence-electron chi connectivity index (χ1n) is 8.37. The van der Waals surface area contributed by atoms with Gasteiger partial charge in [-0.1, -0.05) is 11.6 Å². The van der Waals surface area contributed by atoms with Gasteiger partial charge in [0, 0.05) is 48.3 Å². The lowest BCUT2D eigenvalue weighted by Gasteiger charge is -2.28. The van der Waals surface area contributed by atoms with Gasteiger partial charge in [-0.3, -0.25) is 0 Å². The molecule has 0 aliphatic carbocycles. The van der Waals surface area contributed by atoms with Crippen LogP contribution in [0.3, 0.4) is 0 Å². The van der Waals surface area contributed by atoms with E-state index in [0.29, 0.717) is 0 Å². The molecule has 2 heterocycles. The fourth-order valence-corrected chi connectivity index (χ4v) is 3.20. The Labute approximate surface area is 143 Å². The van der Waals surface area contributed by atoms with Crippen LogP contribution >= 0.6 is 11.6 Å². The van der Waals surface area contributed by atoms with Crippen LogP contribution in [0.15, 0.2) is 24.3 Å². The molecule has 3 rings (SSSR count). The molecule has 0 bridgehead atoms. The molecule has 0 atom stereocenters. The quantitative estimate of drug-likeness (QED) is 0.901. The van der Waals surface area contributed by atoms with Crippen molar-refractivity contribution in [2.75, 3.05) is 50.5 Å². The van der Waals surface area contributed by atoms with Gasteiger partial charge in [0.1, 0.15) is 5.82 Å². The van der Waals surface area contributed by atoms with Crippen molar-refractivity contribution < 1.29 is 0 Å². The number of hydrogen-bond donors (Lipinski definition) is 1. The van der Waals surface area contributed by atoms with Gasteiger partial charge in [-0.25, -0.2) is 4.98 Å². The third-order valence-electron chi connectivity index (χ3n) is 4.31. The Morgan fingerprint density at radius 2 is 1.96 bits per heavy atom. The van der Waals surface area contributed by atoms with Crippen LogP contribution < -0.4 is 10.2 Å². The van der Waals surface area contributed by atoms with Crippen molar-refractivity contribution in [3.8, 4) is 0 Å². The minimum absolute atomic E-state index is 0.751. The summed E-state index contributed by atoms with van der Waals surface area (Å²) in [5.74, 6) is 1.08. The average molecular weight is 333 g/mol. The zero-order valence-electron chi connectivity index (χ0n) is 14.0. The lowest BCUT2D eigenvalue weighted by molar-refractivity contribution is 0.425. The van der Waals surface area contributed by atoms with Gasteiger partial charge in [0.15, 0.2) is 0 Å². The molecule has 1 saturated heterocycles. The highest BCUT2D eigenvalue weighted by molar-refractivity contribution is 6.31. The Morgan fingerprint density at radius 3 is 2.70 bits per heavy atom. The monoisotopic (exact) mass is 332 g/mol. The number of halogens is 1. The van der Waals surface area contributed by atoms with Crippen molar-refractivity contribution in [2.45, 2.75) is 19.3 Å². The van der Waals surface area contributed by atoms with Crippen LogP contribution in [0, 0.1) is 0 Å². The summed E-state index contributed by atoms with van der Waals surface area (Å²) in [6.45, 7) is 4.09. The van der Waals surface area contributed by atoms with Crippen molar-refractivity contribution in [3.63, 3.8) is 0 Å². The van der Waals surface area contributed by atoms with E-state index in [1.807, 2.05) is 18.2 Å². The topological polar surface area (TPSA) is 31.4 Å². The molecule has 1 fully saturated rings. The normalized spacial score (nSPS) is 15.4. The number of fused-ring (bicyclic) bond motifs is 1. The Kier molecular flexibility index (Phi) is 5.23. The maximum absolute atomic E-state index is 6.19. The first-order valence-corrected chi connectivity index (χ1v) is 8.75. The minimum atomic E-state index is 0.751. The van der Waals surface area contributed by atoms with E-state index >= 15 is 0 Å². The predicted octanol–water partition coefficient (Wildman–Crippen LogP) is 3.85. The smallest absolute Gasteiger partial charge is 0.131 e. The maximum atomic E-state index is 6.19. The van der Waals surface area contributed by atoms with Crippen LogP contribution in [-0.2, 0) is 0 Å². The molecule has 1 aromatic heterocycles. The number of aromatic nitrogens is 1. The zero-order chi connectivity index (χ0) is 16.2. The summed E-state index contributed by atoms with van der Waals surface area (Å²) in [4.78, 5) is 9.43. The molecule has 0 saturated carbocycles. The number of nitrogens with zero attached hydrogens (tertiary/aromatic N) is 3.